The molecule has 0 aromatic carbocycles. The second-order valence-electron chi connectivity index (χ2n) is 4.14. The Hall–Kier alpha value is -1.49. The van der Waals surface area contributed by atoms with Gasteiger partial charge in [0, 0.05) is 25.5 Å². The summed E-state index contributed by atoms with van der Waals surface area (Å²) in [5, 5.41) is 11.8. The summed E-state index contributed by atoms with van der Waals surface area (Å²) in [7, 11) is 1.92. The van der Waals surface area contributed by atoms with Crippen LogP contribution in [0.25, 0.3) is 0 Å². The molecular weight excluding hydrogens is 238 g/mol. The van der Waals surface area contributed by atoms with Crippen LogP contribution in [0.3, 0.4) is 0 Å². The average molecular weight is 256 g/mol. The molecule has 0 spiro atoms. The molecule has 0 unspecified atom stereocenters. The van der Waals surface area contributed by atoms with Crippen LogP contribution in [0, 0.1) is 0 Å². The SMILES string of the molecule is CC(C)n1cc(NCc2ccn(C)n2)cn1.Cl. The Balaban J connectivity index is 0.00000144. The highest BCUT2D eigenvalue weighted by molar-refractivity contribution is 5.85. The number of aryl methyl sites for hydroxylation is 1. The predicted octanol–water partition coefficient (Wildman–Crippen LogP) is 2.23. The van der Waals surface area contributed by atoms with E-state index in [1.165, 1.54) is 0 Å². The van der Waals surface area contributed by atoms with E-state index >= 15 is 0 Å². The predicted molar refractivity (Wildman–Crippen MR) is 70.4 cm³/mol. The molecule has 0 radical (unpaired) electrons. The highest BCUT2D eigenvalue weighted by Gasteiger charge is 2.02. The van der Waals surface area contributed by atoms with Crippen molar-refractivity contribution in [1.82, 2.24) is 19.6 Å². The first kappa shape index (κ1) is 13.6. The van der Waals surface area contributed by atoms with Crippen LogP contribution in [0.2, 0.25) is 0 Å². The summed E-state index contributed by atoms with van der Waals surface area (Å²) in [5.41, 5.74) is 2.05. The number of hydrogen-bond acceptors (Lipinski definition) is 3. The van der Waals surface area contributed by atoms with E-state index in [-0.39, 0.29) is 12.4 Å². The van der Waals surface area contributed by atoms with Crippen molar-refractivity contribution in [2.24, 2.45) is 7.05 Å². The van der Waals surface area contributed by atoms with Gasteiger partial charge < -0.3 is 5.32 Å². The maximum atomic E-state index is 4.29. The minimum Gasteiger partial charge on any atom is -0.377 e. The highest BCUT2D eigenvalue weighted by atomic mass is 35.5. The summed E-state index contributed by atoms with van der Waals surface area (Å²) in [5.74, 6) is 0. The molecule has 0 atom stereocenters. The zero-order valence-corrected chi connectivity index (χ0v) is 11.1. The van der Waals surface area contributed by atoms with Crippen LogP contribution in [0.15, 0.2) is 24.7 Å². The molecule has 17 heavy (non-hydrogen) atoms. The lowest BCUT2D eigenvalue weighted by molar-refractivity contribution is 0.532. The standard InChI is InChI=1S/C11H17N5.ClH/c1-9(2)16-8-11(7-13-16)12-6-10-4-5-15(3)14-10;/h4-5,7-9,12H,6H2,1-3H3;1H. The van der Waals surface area contributed by atoms with Gasteiger partial charge in [0.2, 0.25) is 0 Å². The molecule has 2 aromatic rings. The quantitative estimate of drug-likeness (QED) is 0.912. The lowest BCUT2D eigenvalue weighted by atomic mass is 10.4. The summed E-state index contributed by atoms with van der Waals surface area (Å²) in [4.78, 5) is 0. The smallest absolute Gasteiger partial charge is 0.0815 e. The first-order chi connectivity index (χ1) is 7.65. The zero-order valence-electron chi connectivity index (χ0n) is 10.3. The van der Waals surface area contributed by atoms with Crippen molar-refractivity contribution < 1.29 is 0 Å². The van der Waals surface area contributed by atoms with Crippen molar-refractivity contribution in [1.29, 1.82) is 0 Å². The van der Waals surface area contributed by atoms with Crippen LogP contribution in [0.4, 0.5) is 5.69 Å². The van der Waals surface area contributed by atoms with Crippen molar-refractivity contribution in [3.8, 4) is 0 Å². The van der Waals surface area contributed by atoms with Crippen molar-refractivity contribution in [2.75, 3.05) is 5.32 Å². The van der Waals surface area contributed by atoms with Crippen LogP contribution in [0.1, 0.15) is 25.6 Å². The fraction of sp³-hybridized carbons (Fsp3) is 0.455. The highest BCUT2D eigenvalue weighted by Crippen LogP contribution is 2.10. The Morgan fingerprint density at radius 3 is 2.71 bits per heavy atom. The van der Waals surface area contributed by atoms with Gasteiger partial charge in [-0.3, -0.25) is 9.36 Å². The molecule has 2 aromatic heterocycles. The molecular formula is C11H18ClN5. The van der Waals surface area contributed by atoms with Gasteiger partial charge in [0.1, 0.15) is 0 Å². The minimum atomic E-state index is 0. The van der Waals surface area contributed by atoms with Gasteiger partial charge in [-0.05, 0) is 19.9 Å². The third-order valence-corrected chi connectivity index (χ3v) is 2.37. The van der Waals surface area contributed by atoms with Gasteiger partial charge in [0.05, 0.1) is 24.1 Å². The van der Waals surface area contributed by atoms with Crippen molar-refractivity contribution in [3.63, 3.8) is 0 Å². The molecule has 5 nitrogen and oxygen atoms in total. The van der Waals surface area contributed by atoms with E-state index in [0.29, 0.717) is 6.04 Å². The maximum Gasteiger partial charge on any atom is 0.0815 e. The van der Waals surface area contributed by atoms with Gasteiger partial charge in [-0.15, -0.1) is 12.4 Å². The Bertz CT molecular complexity index is 460. The molecule has 0 saturated carbocycles. The fourth-order valence-electron chi connectivity index (χ4n) is 1.46. The van der Waals surface area contributed by atoms with Gasteiger partial charge in [-0.25, -0.2) is 0 Å². The van der Waals surface area contributed by atoms with Crippen molar-refractivity contribution >= 4 is 18.1 Å². The number of halogens is 1. The molecule has 2 rings (SSSR count). The zero-order chi connectivity index (χ0) is 11.5. The van der Waals surface area contributed by atoms with Gasteiger partial charge in [0.15, 0.2) is 0 Å². The van der Waals surface area contributed by atoms with Crippen LogP contribution in [-0.4, -0.2) is 19.6 Å². The molecule has 0 bridgehead atoms. The van der Waals surface area contributed by atoms with E-state index < -0.39 is 0 Å². The van der Waals surface area contributed by atoms with Crippen LogP contribution in [-0.2, 0) is 13.6 Å². The molecule has 0 aliphatic heterocycles. The van der Waals surface area contributed by atoms with Gasteiger partial charge in [0.25, 0.3) is 0 Å². The first-order valence-corrected chi connectivity index (χ1v) is 5.41. The molecule has 94 valence electrons. The van der Waals surface area contributed by atoms with Crippen LogP contribution >= 0.6 is 12.4 Å². The molecule has 0 saturated heterocycles. The number of rotatable bonds is 4. The molecule has 1 N–H and O–H groups in total. The Morgan fingerprint density at radius 2 is 2.18 bits per heavy atom. The largest absolute Gasteiger partial charge is 0.377 e. The summed E-state index contributed by atoms with van der Waals surface area (Å²) in [6, 6.07) is 2.39. The summed E-state index contributed by atoms with van der Waals surface area (Å²) in [6.07, 6.45) is 5.78. The second kappa shape index (κ2) is 5.72. The number of nitrogens with one attached hydrogen (secondary N) is 1. The first-order valence-electron chi connectivity index (χ1n) is 5.41. The van der Waals surface area contributed by atoms with Gasteiger partial charge in [-0.1, -0.05) is 0 Å². The summed E-state index contributed by atoms with van der Waals surface area (Å²) >= 11 is 0. The Kier molecular flexibility index (Phi) is 4.57. The number of hydrogen-bond donors (Lipinski definition) is 1. The molecule has 2 heterocycles. The molecule has 6 heteroatoms. The molecule has 0 aliphatic carbocycles. The van der Waals surface area contributed by atoms with Crippen molar-refractivity contribution in [2.45, 2.75) is 26.4 Å². The second-order valence-corrected chi connectivity index (χ2v) is 4.14. The van der Waals surface area contributed by atoms with E-state index in [0.717, 1.165) is 17.9 Å². The molecule has 0 amide bonds. The van der Waals surface area contributed by atoms with Crippen LogP contribution < -0.4 is 5.32 Å². The molecule has 0 aliphatic rings. The topological polar surface area (TPSA) is 47.7 Å². The van der Waals surface area contributed by atoms with E-state index in [1.807, 2.05) is 36.4 Å². The molecule has 0 fully saturated rings. The van der Waals surface area contributed by atoms with E-state index in [4.69, 9.17) is 0 Å². The number of aromatic nitrogens is 4. The van der Waals surface area contributed by atoms with E-state index in [2.05, 4.69) is 29.4 Å². The lowest BCUT2D eigenvalue weighted by Crippen LogP contribution is -2.01. The number of nitrogens with zero attached hydrogens (tertiary/aromatic N) is 4. The Labute approximate surface area is 107 Å². The number of anilines is 1. The maximum absolute atomic E-state index is 4.29. The minimum absolute atomic E-state index is 0. The fourth-order valence-corrected chi connectivity index (χ4v) is 1.46. The lowest BCUT2D eigenvalue weighted by Gasteiger charge is -2.03. The van der Waals surface area contributed by atoms with E-state index in [9.17, 15) is 0 Å². The van der Waals surface area contributed by atoms with Crippen molar-refractivity contribution in [3.05, 3.63) is 30.4 Å². The Morgan fingerprint density at radius 1 is 1.41 bits per heavy atom. The monoisotopic (exact) mass is 255 g/mol. The summed E-state index contributed by atoms with van der Waals surface area (Å²) < 4.78 is 3.73. The van der Waals surface area contributed by atoms with E-state index in [1.54, 1.807) is 4.68 Å². The summed E-state index contributed by atoms with van der Waals surface area (Å²) in [6.45, 7) is 4.94. The third kappa shape index (κ3) is 3.49. The normalized spacial score (nSPS) is 10.4. The average Bonchev–Trinajstić information content (AvgIpc) is 2.83. The van der Waals surface area contributed by atoms with Gasteiger partial charge in [-0.2, -0.15) is 10.2 Å². The van der Waals surface area contributed by atoms with Gasteiger partial charge >= 0.3 is 0 Å². The third-order valence-electron chi connectivity index (χ3n) is 2.37. The van der Waals surface area contributed by atoms with Crippen LogP contribution in [0.5, 0.6) is 0 Å².